The lowest BCUT2D eigenvalue weighted by Crippen LogP contribution is -2.12. The van der Waals surface area contributed by atoms with E-state index in [-0.39, 0.29) is 16.9 Å². The van der Waals surface area contributed by atoms with E-state index < -0.39 is 0 Å². The van der Waals surface area contributed by atoms with E-state index in [1.165, 1.54) is 0 Å². The van der Waals surface area contributed by atoms with Crippen LogP contribution in [0.15, 0.2) is 35.5 Å². The van der Waals surface area contributed by atoms with Crippen molar-refractivity contribution in [3.63, 3.8) is 0 Å². The molecule has 0 heterocycles. The van der Waals surface area contributed by atoms with Crippen LogP contribution in [0.2, 0.25) is 0 Å². The number of anilines is 1. The van der Waals surface area contributed by atoms with Crippen molar-refractivity contribution in [1.29, 1.82) is 0 Å². The fourth-order valence-electron chi connectivity index (χ4n) is 3.47. The summed E-state index contributed by atoms with van der Waals surface area (Å²) < 4.78 is 0. The van der Waals surface area contributed by atoms with Crippen LogP contribution in [0.3, 0.4) is 0 Å². The molecule has 0 radical (unpaired) electrons. The minimum Gasteiger partial charge on any atom is -0.506 e. The van der Waals surface area contributed by atoms with E-state index in [4.69, 9.17) is 0 Å². The van der Waals surface area contributed by atoms with Gasteiger partial charge < -0.3 is 10.4 Å². The molecular formula is C16H19NO2. The zero-order valence-electron chi connectivity index (χ0n) is 11.5. The fraction of sp³-hybridized carbons (Fsp3) is 0.438. The molecular weight excluding hydrogens is 238 g/mol. The van der Waals surface area contributed by atoms with Crippen molar-refractivity contribution in [3.05, 3.63) is 35.5 Å². The predicted molar refractivity (Wildman–Crippen MR) is 74.8 cm³/mol. The normalized spacial score (nSPS) is 29.9. The topological polar surface area (TPSA) is 49.3 Å². The number of fused-ring (bicyclic) bond motifs is 1. The highest BCUT2D eigenvalue weighted by atomic mass is 16.3. The van der Waals surface area contributed by atoms with E-state index in [1.807, 2.05) is 19.1 Å². The summed E-state index contributed by atoms with van der Waals surface area (Å²) in [6, 6.07) is 7.10. The Morgan fingerprint density at radius 2 is 2.05 bits per heavy atom. The number of Topliss-reactive ketones (excluding diaryl/α,β-unsaturated/α-hetero) is 1. The Morgan fingerprint density at radius 1 is 1.37 bits per heavy atom. The molecule has 3 rings (SSSR count). The average molecular weight is 257 g/mol. The number of para-hydroxylation sites is 2. The van der Waals surface area contributed by atoms with Gasteiger partial charge in [0.2, 0.25) is 0 Å². The standard InChI is InChI=1S/C16H19NO2/c1-9(17-11-6-4-5-7-12(11)18)14-13(19)8-10-15(14)16(10,2)3/h4-7,10,15,17-18H,8H2,1-3H3/b14-9+/t10-,15+/m1/s1. The lowest BCUT2D eigenvalue weighted by Gasteiger charge is -2.15. The maximum atomic E-state index is 12.1. The van der Waals surface area contributed by atoms with Crippen LogP contribution >= 0.6 is 0 Å². The van der Waals surface area contributed by atoms with E-state index in [0.29, 0.717) is 23.9 Å². The first-order valence-electron chi connectivity index (χ1n) is 6.72. The molecule has 100 valence electrons. The molecule has 2 saturated carbocycles. The number of nitrogens with one attached hydrogen (secondary N) is 1. The molecule has 3 nitrogen and oxygen atoms in total. The Labute approximate surface area is 113 Å². The van der Waals surface area contributed by atoms with Crippen molar-refractivity contribution in [1.82, 2.24) is 0 Å². The molecule has 2 N–H and O–H groups in total. The van der Waals surface area contributed by atoms with Gasteiger partial charge in [-0.25, -0.2) is 0 Å². The summed E-state index contributed by atoms with van der Waals surface area (Å²) in [4.78, 5) is 12.1. The Morgan fingerprint density at radius 3 is 2.68 bits per heavy atom. The molecule has 0 saturated heterocycles. The van der Waals surface area contributed by atoms with Crippen molar-refractivity contribution in [2.45, 2.75) is 27.2 Å². The first kappa shape index (κ1) is 12.3. The van der Waals surface area contributed by atoms with Gasteiger partial charge in [0.05, 0.1) is 5.69 Å². The highest BCUT2D eigenvalue weighted by Gasteiger charge is 2.65. The number of carbonyl (C=O) groups is 1. The highest BCUT2D eigenvalue weighted by Crippen LogP contribution is 2.68. The zero-order valence-corrected chi connectivity index (χ0v) is 11.5. The lowest BCUT2D eigenvalue weighted by atomic mass is 9.95. The van der Waals surface area contributed by atoms with Gasteiger partial charge in [0.1, 0.15) is 5.75 Å². The molecule has 2 atom stereocenters. The second-order valence-corrected chi connectivity index (χ2v) is 6.21. The quantitative estimate of drug-likeness (QED) is 0.631. The number of hydrogen-bond acceptors (Lipinski definition) is 3. The predicted octanol–water partition coefficient (Wildman–Crippen LogP) is 3.32. The van der Waals surface area contributed by atoms with Crippen LogP contribution in [-0.2, 0) is 4.79 Å². The molecule has 2 aliphatic rings. The second kappa shape index (κ2) is 3.86. The number of rotatable bonds is 2. The maximum Gasteiger partial charge on any atom is 0.161 e. The number of hydrogen-bond donors (Lipinski definition) is 2. The van der Waals surface area contributed by atoms with Crippen molar-refractivity contribution in [3.8, 4) is 5.75 Å². The maximum absolute atomic E-state index is 12.1. The van der Waals surface area contributed by atoms with Gasteiger partial charge in [-0.2, -0.15) is 0 Å². The SMILES string of the molecule is C/C(Nc1ccccc1O)=C1/C(=O)C[C@@H]2[C@@H]1C2(C)C. The number of aromatic hydroxyl groups is 1. The van der Waals surface area contributed by atoms with Gasteiger partial charge in [0.15, 0.2) is 5.78 Å². The summed E-state index contributed by atoms with van der Waals surface area (Å²) in [7, 11) is 0. The Bertz CT molecular complexity index is 586. The Balaban J connectivity index is 1.91. The summed E-state index contributed by atoms with van der Waals surface area (Å²) in [5, 5.41) is 13.0. The van der Waals surface area contributed by atoms with E-state index in [9.17, 15) is 9.90 Å². The largest absolute Gasteiger partial charge is 0.506 e. The Kier molecular flexibility index (Phi) is 2.49. The van der Waals surface area contributed by atoms with Gasteiger partial charge in [-0.1, -0.05) is 26.0 Å². The molecule has 0 aliphatic heterocycles. The van der Waals surface area contributed by atoms with Crippen LogP contribution in [-0.4, -0.2) is 10.9 Å². The molecule has 0 aromatic heterocycles. The average Bonchev–Trinajstić information content (AvgIpc) is 2.72. The molecule has 0 spiro atoms. The molecule has 0 unspecified atom stereocenters. The molecule has 3 heteroatoms. The third-order valence-electron chi connectivity index (χ3n) is 4.70. The lowest BCUT2D eigenvalue weighted by molar-refractivity contribution is -0.115. The highest BCUT2D eigenvalue weighted by molar-refractivity contribution is 6.01. The van der Waals surface area contributed by atoms with Gasteiger partial charge in [-0.05, 0) is 36.3 Å². The van der Waals surface area contributed by atoms with E-state index in [2.05, 4.69) is 19.2 Å². The first-order valence-corrected chi connectivity index (χ1v) is 6.72. The van der Waals surface area contributed by atoms with Crippen LogP contribution in [0.5, 0.6) is 5.75 Å². The summed E-state index contributed by atoms with van der Waals surface area (Å²) in [5.74, 6) is 1.36. The third kappa shape index (κ3) is 1.76. The van der Waals surface area contributed by atoms with Crippen molar-refractivity contribution in [2.24, 2.45) is 17.3 Å². The molecule has 1 aromatic rings. The smallest absolute Gasteiger partial charge is 0.161 e. The molecule has 2 aliphatic carbocycles. The monoisotopic (exact) mass is 257 g/mol. The van der Waals surface area contributed by atoms with E-state index >= 15 is 0 Å². The van der Waals surface area contributed by atoms with Crippen LogP contribution in [0.4, 0.5) is 5.69 Å². The summed E-state index contributed by atoms with van der Waals surface area (Å²) in [6.07, 6.45) is 0.673. The Hall–Kier alpha value is -1.77. The minimum absolute atomic E-state index is 0.208. The first-order chi connectivity index (χ1) is 8.93. The third-order valence-corrected chi connectivity index (χ3v) is 4.70. The van der Waals surface area contributed by atoms with Crippen LogP contribution < -0.4 is 5.32 Å². The number of ketones is 1. The molecule has 2 fully saturated rings. The molecule has 0 amide bonds. The van der Waals surface area contributed by atoms with Gasteiger partial charge in [-0.15, -0.1) is 0 Å². The van der Waals surface area contributed by atoms with Crippen molar-refractivity contribution >= 4 is 11.5 Å². The summed E-state index contributed by atoms with van der Waals surface area (Å²) >= 11 is 0. The van der Waals surface area contributed by atoms with E-state index in [0.717, 1.165) is 11.3 Å². The van der Waals surface area contributed by atoms with Gasteiger partial charge >= 0.3 is 0 Å². The fourth-order valence-corrected chi connectivity index (χ4v) is 3.47. The van der Waals surface area contributed by atoms with Crippen molar-refractivity contribution in [2.75, 3.05) is 5.32 Å². The minimum atomic E-state index is 0.208. The van der Waals surface area contributed by atoms with Gasteiger partial charge in [0.25, 0.3) is 0 Å². The summed E-state index contributed by atoms with van der Waals surface area (Å²) in [5.41, 5.74) is 2.72. The van der Waals surface area contributed by atoms with Crippen molar-refractivity contribution < 1.29 is 9.90 Å². The second-order valence-electron chi connectivity index (χ2n) is 6.21. The van der Waals surface area contributed by atoms with Gasteiger partial charge in [-0.3, -0.25) is 4.79 Å². The zero-order chi connectivity index (χ0) is 13.8. The van der Waals surface area contributed by atoms with Crippen LogP contribution in [0, 0.1) is 17.3 Å². The van der Waals surface area contributed by atoms with Gasteiger partial charge in [0, 0.05) is 17.7 Å². The molecule has 0 bridgehead atoms. The molecule has 1 aromatic carbocycles. The number of phenolic OH excluding ortho intramolecular Hbond substituents is 1. The van der Waals surface area contributed by atoms with Crippen LogP contribution in [0.1, 0.15) is 27.2 Å². The van der Waals surface area contributed by atoms with E-state index in [1.54, 1.807) is 12.1 Å². The van der Waals surface area contributed by atoms with Crippen LogP contribution in [0.25, 0.3) is 0 Å². The molecule has 19 heavy (non-hydrogen) atoms. The number of phenols is 1. The number of allylic oxidation sites excluding steroid dienone is 2. The number of benzene rings is 1. The number of carbonyl (C=O) groups excluding carboxylic acids is 1. The summed E-state index contributed by atoms with van der Waals surface area (Å²) in [6.45, 7) is 6.38.